The van der Waals surface area contributed by atoms with E-state index in [2.05, 4.69) is 4.98 Å². The zero-order chi connectivity index (χ0) is 11.0. The lowest BCUT2D eigenvalue weighted by Crippen LogP contribution is -2.32. The number of hydrogen-bond donors (Lipinski definition) is 1. The van der Waals surface area contributed by atoms with Crippen molar-refractivity contribution in [2.24, 2.45) is 0 Å². The average Bonchev–Trinajstić information content (AvgIpc) is 2.50. The molecule has 1 aromatic rings. The van der Waals surface area contributed by atoms with E-state index in [0.29, 0.717) is 0 Å². The van der Waals surface area contributed by atoms with Crippen LogP contribution in [0.2, 0.25) is 0 Å². The highest BCUT2D eigenvalue weighted by atomic mass is 16.3. The van der Waals surface area contributed by atoms with Gasteiger partial charge in [-0.2, -0.15) is 4.98 Å². The first kappa shape index (κ1) is 10.4. The Hall–Kier alpha value is -1.16. The maximum Gasteiger partial charge on any atom is 0.348 e. The lowest BCUT2D eigenvalue weighted by Gasteiger charge is -2.19. The summed E-state index contributed by atoms with van der Waals surface area (Å²) in [6, 6.07) is 1.80. The lowest BCUT2D eigenvalue weighted by molar-refractivity contribution is 0.133. The molecule has 15 heavy (non-hydrogen) atoms. The van der Waals surface area contributed by atoms with E-state index in [1.165, 1.54) is 0 Å². The largest absolute Gasteiger partial charge is 0.391 e. The minimum Gasteiger partial charge on any atom is -0.391 e. The molecule has 2 rings (SSSR count). The van der Waals surface area contributed by atoms with Crippen molar-refractivity contribution in [3.63, 3.8) is 0 Å². The zero-order valence-electron chi connectivity index (χ0n) is 9.10. The Morgan fingerprint density at radius 1 is 1.47 bits per heavy atom. The third-order valence-corrected chi connectivity index (χ3v) is 3.05. The van der Waals surface area contributed by atoms with Crippen molar-refractivity contribution in [3.8, 4) is 0 Å². The quantitative estimate of drug-likeness (QED) is 0.747. The van der Waals surface area contributed by atoms with E-state index in [1.807, 2.05) is 19.9 Å². The van der Waals surface area contributed by atoms with Crippen molar-refractivity contribution >= 4 is 0 Å². The van der Waals surface area contributed by atoms with Gasteiger partial charge in [0.05, 0.1) is 12.1 Å². The number of aromatic nitrogens is 2. The van der Waals surface area contributed by atoms with Gasteiger partial charge in [0, 0.05) is 11.4 Å². The normalized spacial score (nSPS) is 25.8. The third kappa shape index (κ3) is 1.81. The van der Waals surface area contributed by atoms with E-state index in [0.717, 1.165) is 30.7 Å². The van der Waals surface area contributed by atoms with Crippen molar-refractivity contribution in [2.75, 3.05) is 0 Å². The van der Waals surface area contributed by atoms with Crippen LogP contribution in [0.5, 0.6) is 0 Å². The van der Waals surface area contributed by atoms with Gasteiger partial charge in [-0.1, -0.05) is 0 Å². The van der Waals surface area contributed by atoms with Gasteiger partial charge in [0.1, 0.15) is 0 Å². The van der Waals surface area contributed by atoms with Gasteiger partial charge >= 0.3 is 5.69 Å². The van der Waals surface area contributed by atoms with Gasteiger partial charge in [0.15, 0.2) is 0 Å². The molecule has 0 aliphatic heterocycles. The molecule has 0 bridgehead atoms. The number of aliphatic hydroxyl groups is 1. The lowest BCUT2D eigenvalue weighted by atomic mass is 10.2. The van der Waals surface area contributed by atoms with Crippen LogP contribution >= 0.6 is 0 Å². The van der Waals surface area contributed by atoms with Crippen molar-refractivity contribution in [1.82, 2.24) is 9.55 Å². The summed E-state index contributed by atoms with van der Waals surface area (Å²) >= 11 is 0. The fourth-order valence-electron chi connectivity index (χ4n) is 2.39. The molecule has 1 heterocycles. The predicted octanol–water partition coefficient (Wildman–Crippen LogP) is 0.946. The monoisotopic (exact) mass is 208 g/mol. The molecule has 1 aliphatic carbocycles. The third-order valence-electron chi connectivity index (χ3n) is 3.05. The van der Waals surface area contributed by atoms with Gasteiger partial charge in [-0.25, -0.2) is 4.79 Å². The van der Waals surface area contributed by atoms with Crippen molar-refractivity contribution in [3.05, 3.63) is 27.9 Å². The van der Waals surface area contributed by atoms with Crippen molar-refractivity contribution in [1.29, 1.82) is 0 Å². The number of hydrogen-bond acceptors (Lipinski definition) is 3. The molecule has 0 unspecified atom stereocenters. The molecule has 2 atom stereocenters. The van der Waals surface area contributed by atoms with Crippen LogP contribution in [-0.2, 0) is 0 Å². The Morgan fingerprint density at radius 2 is 2.20 bits per heavy atom. The van der Waals surface area contributed by atoms with E-state index < -0.39 is 6.10 Å². The highest BCUT2D eigenvalue weighted by molar-refractivity contribution is 5.08. The minimum absolute atomic E-state index is 0.0781. The summed E-state index contributed by atoms with van der Waals surface area (Å²) in [5.74, 6) is 0. The summed E-state index contributed by atoms with van der Waals surface area (Å²) in [5.41, 5.74) is 1.39. The van der Waals surface area contributed by atoms with Crippen LogP contribution in [0.25, 0.3) is 0 Å². The molecule has 1 saturated carbocycles. The van der Waals surface area contributed by atoms with Crippen molar-refractivity contribution < 1.29 is 5.11 Å². The summed E-state index contributed by atoms with van der Waals surface area (Å²) in [4.78, 5) is 15.6. The molecule has 1 fully saturated rings. The van der Waals surface area contributed by atoms with Crippen LogP contribution in [0.1, 0.15) is 36.7 Å². The smallest absolute Gasteiger partial charge is 0.348 e. The zero-order valence-corrected chi connectivity index (χ0v) is 9.10. The molecule has 0 saturated heterocycles. The van der Waals surface area contributed by atoms with Gasteiger partial charge in [-0.05, 0) is 39.2 Å². The summed E-state index contributed by atoms with van der Waals surface area (Å²) in [5, 5.41) is 9.77. The molecule has 0 radical (unpaired) electrons. The molecule has 1 aliphatic rings. The van der Waals surface area contributed by atoms with E-state index in [1.54, 1.807) is 4.57 Å². The van der Waals surface area contributed by atoms with Crippen molar-refractivity contribution in [2.45, 2.75) is 45.3 Å². The Labute approximate surface area is 88.6 Å². The highest BCUT2D eigenvalue weighted by Gasteiger charge is 2.28. The highest BCUT2D eigenvalue weighted by Crippen LogP contribution is 2.29. The summed E-state index contributed by atoms with van der Waals surface area (Å²) < 4.78 is 1.63. The van der Waals surface area contributed by atoms with Gasteiger partial charge < -0.3 is 5.11 Å². The number of aliphatic hydroxyl groups excluding tert-OH is 1. The van der Waals surface area contributed by atoms with Crippen LogP contribution < -0.4 is 5.69 Å². The van der Waals surface area contributed by atoms with Crippen LogP contribution in [-0.4, -0.2) is 20.8 Å². The maximum atomic E-state index is 11.7. The average molecular weight is 208 g/mol. The topological polar surface area (TPSA) is 55.1 Å². The molecular weight excluding hydrogens is 192 g/mol. The fraction of sp³-hybridized carbons (Fsp3) is 0.636. The van der Waals surface area contributed by atoms with E-state index in [9.17, 15) is 9.90 Å². The Bertz CT molecular complexity index is 425. The number of nitrogens with zero attached hydrogens (tertiary/aromatic N) is 2. The fourth-order valence-corrected chi connectivity index (χ4v) is 2.39. The molecule has 0 amide bonds. The summed E-state index contributed by atoms with van der Waals surface area (Å²) in [6.07, 6.45) is 2.23. The maximum absolute atomic E-state index is 11.7. The molecule has 0 spiro atoms. The Kier molecular flexibility index (Phi) is 2.61. The number of rotatable bonds is 1. The first-order chi connectivity index (χ1) is 7.09. The van der Waals surface area contributed by atoms with Gasteiger partial charge in [-0.15, -0.1) is 0 Å². The predicted molar refractivity (Wildman–Crippen MR) is 56.9 cm³/mol. The van der Waals surface area contributed by atoms with Crippen LogP contribution in [0.3, 0.4) is 0 Å². The molecule has 0 aromatic carbocycles. The molecule has 1 N–H and O–H groups in total. The summed E-state index contributed by atoms with van der Waals surface area (Å²) in [6.45, 7) is 3.70. The molecular formula is C11H16N2O2. The van der Waals surface area contributed by atoms with Gasteiger partial charge in [0.2, 0.25) is 0 Å². The van der Waals surface area contributed by atoms with Gasteiger partial charge in [-0.3, -0.25) is 4.57 Å². The first-order valence-corrected chi connectivity index (χ1v) is 5.34. The Balaban J connectivity index is 2.48. The van der Waals surface area contributed by atoms with Crippen LogP contribution in [0.15, 0.2) is 10.9 Å². The van der Waals surface area contributed by atoms with E-state index in [4.69, 9.17) is 0 Å². The second kappa shape index (κ2) is 3.77. The first-order valence-electron chi connectivity index (χ1n) is 5.34. The summed E-state index contributed by atoms with van der Waals surface area (Å²) in [7, 11) is 0. The minimum atomic E-state index is -0.397. The molecule has 4 heteroatoms. The van der Waals surface area contributed by atoms with E-state index >= 15 is 0 Å². The molecule has 1 aromatic heterocycles. The SMILES string of the molecule is Cc1cc(C)n([C@H]2CCC[C@@H]2O)c(=O)n1. The van der Waals surface area contributed by atoms with Gasteiger partial charge in [0.25, 0.3) is 0 Å². The molecule has 82 valence electrons. The number of aryl methyl sites for hydroxylation is 2. The second-order valence-electron chi connectivity index (χ2n) is 4.26. The van der Waals surface area contributed by atoms with E-state index in [-0.39, 0.29) is 11.7 Å². The second-order valence-corrected chi connectivity index (χ2v) is 4.26. The Morgan fingerprint density at radius 3 is 2.73 bits per heavy atom. The van der Waals surface area contributed by atoms with Crippen LogP contribution in [0, 0.1) is 13.8 Å². The van der Waals surface area contributed by atoms with Crippen LogP contribution in [0.4, 0.5) is 0 Å². The molecule has 4 nitrogen and oxygen atoms in total. The standard InChI is InChI=1S/C11H16N2O2/c1-7-6-8(2)13(11(15)12-7)9-4-3-5-10(9)14/h6,9-10,14H,3-5H2,1-2H3/t9-,10-/m0/s1.